The predicted molar refractivity (Wildman–Crippen MR) is 103 cm³/mol. The van der Waals surface area contributed by atoms with Crippen LogP contribution in [0, 0.1) is 5.82 Å². The Labute approximate surface area is 158 Å². The first-order valence-electron chi connectivity index (χ1n) is 8.22. The molecule has 0 unspecified atom stereocenters. The van der Waals surface area contributed by atoms with E-state index in [2.05, 4.69) is 5.32 Å². The van der Waals surface area contributed by atoms with Gasteiger partial charge in [0.2, 0.25) is 11.8 Å². The number of nitrogens with one attached hydrogen (secondary N) is 1. The van der Waals surface area contributed by atoms with Gasteiger partial charge in [-0.05, 0) is 35.2 Å². The minimum absolute atomic E-state index is 0.0793. The van der Waals surface area contributed by atoms with E-state index in [0.717, 1.165) is 5.56 Å². The largest absolute Gasteiger partial charge is 0.324 e. The number of carbonyl (C=O) groups excluding carboxylic acids is 2. The lowest BCUT2D eigenvalue weighted by atomic mass is 9.85. The minimum Gasteiger partial charge on any atom is -0.324 e. The first kappa shape index (κ1) is 19.9. The summed E-state index contributed by atoms with van der Waals surface area (Å²) in [5.74, 6) is -1.20. The van der Waals surface area contributed by atoms with Crippen molar-refractivity contribution in [1.82, 2.24) is 0 Å². The Morgan fingerprint density at radius 2 is 1.81 bits per heavy atom. The van der Waals surface area contributed by atoms with Crippen molar-refractivity contribution >= 4 is 34.8 Å². The summed E-state index contributed by atoms with van der Waals surface area (Å²) in [6.07, 6.45) is 0. The number of amides is 2. The Morgan fingerprint density at radius 1 is 1.15 bits per heavy atom. The van der Waals surface area contributed by atoms with Gasteiger partial charge in [-0.2, -0.15) is 0 Å². The van der Waals surface area contributed by atoms with Gasteiger partial charge in [0.25, 0.3) is 0 Å². The lowest BCUT2D eigenvalue weighted by Gasteiger charge is -2.29. The molecule has 0 aliphatic heterocycles. The highest BCUT2D eigenvalue weighted by Crippen LogP contribution is 2.32. The van der Waals surface area contributed by atoms with Crippen LogP contribution in [0.25, 0.3) is 0 Å². The van der Waals surface area contributed by atoms with Crippen molar-refractivity contribution in [2.75, 3.05) is 16.8 Å². The van der Waals surface area contributed by atoms with Crippen LogP contribution < -0.4 is 10.2 Å². The number of hydrogen-bond donors (Lipinski definition) is 1. The zero-order valence-corrected chi connectivity index (χ0v) is 16.0. The summed E-state index contributed by atoms with van der Waals surface area (Å²) in [6, 6.07) is 11.4. The number of halogens is 2. The van der Waals surface area contributed by atoms with Crippen LogP contribution in [0.5, 0.6) is 0 Å². The molecule has 1 N–H and O–H groups in total. The Kier molecular flexibility index (Phi) is 6.03. The van der Waals surface area contributed by atoms with Gasteiger partial charge in [0.05, 0.1) is 5.02 Å². The molecule has 0 aliphatic carbocycles. The second-order valence-electron chi connectivity index (χ2n) is 7.05. The van der Waals surface area contributed by atoms with E-state index >= 15 is 0 Å². The number of rotatable bonds is 4. The molecule has 0 radical (unpaired) electrons. The molecule has 2 aromatic carbocycles. The van der Waals surface area contributed by atoms with E-state index in [0.29, 0.717) is 11.4 Å². The molecule has 0 atom stereocenters. The van der Waals surface area contributed by atoms with E-state index in [-0.39, 0.29) is 22.9 Å². The minimum atomic E-state index is -0.561. The summed E-state index contributed by atoms with van der Waals surface area (Å²) in [7, 11) is 0. The molecule has 4 nitrogen and oxygen atoms in total. The normalized spacial score (nSPS) is 11.2. The van der Waals surface area contributed by atoms with Crippen molar-refractivity contribution in [3.63, 3.8) is 0 Å². The van der Waals surface area contributed by atoms with Crippen molar-refractivity contribution in [3.8, 4) is 0 Å². The zero-order chi connectivity index (χ0) is 19.5. The number of para-hydroxylation sites is 1. The van der Waals surface area contributed by atoms with Gasteiger partial charge in [0.1, 0.15) is 12.4 Å². The van der Waals surface area contributed by atoms with E-state index in [1.165, 1.54) is 30.0 Å². The average molecular weight is 377 g/mol. The highest BCUT2D eigenvalue weighted by atomic mass is 35.5. The smallest absolute Gasteiger partial charge is 0.244 e. The highest BCUT2D eigenvalue weighted by Gasteiger charge is 2.24. The van der Waals surface area contributed by atoms with Gasteiger partial charge < -0.3 is 10.2 Å². The molecule has 0 saturated carbocycles. The predicted octanol–water partition coefficient (Wildman–Crippen LogP) is 4.77. The topological polar surface area (TPSA) is 49.4 Å². The fraction of sp³-hybridized carbons (Fsp3) is 0.300. The highest BCUT2D eigenvalue weighted by molar-refractivity contribution is 6.31. The van der Waals surface area contributed by atoms with Gasteiger partial charge in [-0.1, -0.05) is 50.6 Å². The van der Waals surface area contributed by atoms with Crippen LogP contribution >= 0.6 is 11.6 Å². The van der Waals surface area contributed by atoms with E-state index in [9.17, 15) is 14.0 Å². The number of benzene rings is 2. The Hall–Kier alpha value is -2.40. The Balaban J connectivity index is 2.25. The molecular weight excluding hydrogens is 355 g/mol. The fourth-order valence-electron chi connectivity index (χ4n) is 2.63. The molecule has 2 amide bonds. The molecule has 0 spiro atoms. The first-order valence-corrected chi connectivity index (χ1v) is 8.60. The van der Waals surface area contributed by atoms with Crippen molar-refractivity contribution in [2.24, 2.45) is 0 Å². The van der Waals surface area contributed by atoms with Crippen LogP contribution in [0.1, 0.15) is 33.3 Å². The third-order valence-electron chi connectivity index (χ3n) is 3.89. The van der Waals surface area contributed by atoms with Crippen LogP contribution in [-0.4, -0.2) is 18.4 Å². The van der Waals surface area contributed by atoms with Crippen LogP contribution in [-0.2, 0) is 15.0 Å². The fourth-order valence-corrected chi connectivity index (χ4v) is 2.81. The van der Waals surface area contributed by atoms with E-state index < -0.39 is 11.7 Å². The quantitative estimate of drug-likeness (QED) is 0.835. The average Bonchev–Trinajstić information content (AvgIpc) is 2.55. The molecule has 0 heterocycles. The molecule has 138 valence electrons. The SMILES string of the molecule is CC(=O)N(CC(=O)Nc1ccc(F)c(Cl)c1)c1ccccc1C(C)(C)C. The maximum absolute atomic E-state index is 13.2. The first-order chi connectivity index (χ1) is 12.1. The van der Waals surface area contributed by atoms with Crippen LogP contribution in [0.4, 0.5) is 15.8 Å². The number of nitrogens with zero attached hydrogens (tertiary/aromatic N) is 1. The summed E-state index contributed by atoms with van der Waals surface area (Å²) in [4.78, 5) is 26.0. The van der Waals surface area contributed by atoms with Gasteiger partial charge in [0, 0.05) is 18.3 Å². The Bertz CT molecular complexity index is 831. The van der Waals surface area contributed by atoms with Gasteiger partial charge in [-0.15, -0.1) is 0 Å². The number of anilines is 2. The number of hydrogen-bond acceptors (Lipinski definition) is 2. The monoisotopic (exact) mass is 376 g/mol. The third-order valence-corrected chi connectivity index (χ3v) is 4.18. The van der Waals surface area contributed by atoms with Crippen molar-refractivity contribution in [2.45, 2.75) is 33.1 Å². The third kappa shape index (κ3) is 4.82. The van der Waals surface area contributed by atoms with Crippen LogP contribution in [0.15, 0.2) is 42.5 Å². The molecule has 0 bridgehead atoms. The van der Waals surface area contributed by atoms with Crippen molar-refractivity contribution in [1.29, 1.82) is 0 Å². The summed E-state index contributed by atoms with van der Waals surface area (Å²) in [6.45, 7) is 7.40. The summed E-state index contributed by atoms with van der Waals surface area (Å²) in [5.41, 5.74) is 1.84. The lowest BCUT2D eigenvalue weighted by molar-refractivity contribution is -0.120. The molecule has 0 saturated heterocycles. The Morgan fingerprint density at radius 3 is 2.38 bits per heavy atom. The van der Waals surface area contributed by atoms with Crippen LogP contribution in [0.3, 0.4) is 0 Å². The maximum Gasteiger partial charge on any atom is 0.244 e. The van der Waals surface area contributed by atoms with Gasteiger partial charge in [-0.25, -0.2) is 4.39 Å². The molecule has 2 aromatic rings. The standard InChI is InChI=1S/C20H22ClFN2O2/c1-13(25)24(18-8-6-5-7-15(18)20(2,3)4)12-19(26)23-14-9-10-17(22)16(21)11-14/h5-11H,12H2,1-4H3,(H,23,26). The second kappa shape index (κ2) is 7.87. The van der Waals surface area contributed by atoms with Gasteiger partial charge >= 0.3 is 0 Å². The number of carbonyl (C=O) groups is 2. The van der Waals surface area contributed by atoms with E-state index in [4.69, 9.17) is 11.6 Å². The summed E-state index contributed by atoms with van der Waals surface area (Å²) < 4.78 is 13.2. The second-order valence-corrected chi connectivity index (χ2v) is 7.46. The van der Waals surface area contributed by atoms with E-state index in [1.54, 1.807) is 0 Å². The lowest BCUT2D eigenvalue weighted by Crippen LogP contribution is -2.38. The molecule has 6 heteroatoms. The molecular formula is C20H22ClFN2O2. The zero-order valence-electron chi connectivity index (χ0n) is 15.3. The summed E-state index contributed by atoms with van der Waals surface area (Å²) in [5, 5.41) is 2.56. The van der Waals surface area contributed by atoms with E-state index in [1.807, 2.05) is 45.0 Å². The van der Waals surface area contributed by atoms with Gasteiger partial charge in [-0.3, -0.25) is 9.59 Å². The molecule has 0 fully saturated rings. The van der Waals surface area contributed by atoms with Gasteiger partial charge in [0.15, 0.2) is 0 Å². The molecule has 0 aliphatic rings. The van der Waals surface area contributed by atoms with Crippen LogP contribution in [0.2, 0.25) is 5.02 Å². The van der Waals surface area contributed by atoms with Crippen molar-refractivity contribution in [3.05, 3.63) is 58.9 Å². The maximum atomic E-state index is 13.2. The molecule has 26 heavy (non-hydrogen) atoms. The van der Waals surface area contributed by atoms with Crippen molar-refractivity contribution < 1.29 is 14.0 Å². The molecule has 0 aromatic heterocycles. The summed E-state index contributed by atoms with van der Waals surface area (Å²) >= 11 is 5.73. The molecule has 2 rings (SSSR count).